The molecular weight excluding hydrogens is 153 g/mol. The van der Waals surface area contributed by atoms with Gasteiger partial charge in [0.25, 0.3) is 0 Å². The van der Waals surface area contributed by atoms with E-state index in [0.717, 1.165) is 24.1 Å². The molecule has 0 bridgehead atoms. The van der Waals surface area contributed by atoms with E-state index in [9.17, 15) is 4.39 Å². The maximum Gasteiger partial charge on any atom is 0.141 e. The van der Waals surface area contributed by atoms with E-state index in [2.05, 4.69) is 4.98 Å². The molecule has 0 atom stereocenters. The van der Waals surface area contributed by atoms with Gasteiger partial charge in [-0.25, -0.2) is 4.39 Å². The second-order valence-corrected chi connectivity index (χ2v) is 3.32. The van der Waals surface area contributed by atoms with Gasteiger partial charge >= 0.3 is 0 Å². The first-order chi connectivity index (χ1) is 5.86. The fourth-order valence-corrected chi connectivity index (χ4v) is 1.74. The number of halogens is 1. The normalized spacial score (nSPS) is 16.8. The van der Waals surface area contributed by atoms with E-state index in [0.29, 0.717) is 0 Å². The first kappa shape index (κ1) is 7.71. The van der Waals surface area contributed by atoms with Crippen LogP contribution >= 0.6 is 0 Å². The molecular formula is C10H12FN. The van der Waals surface area contributed by atoms with E-state index in [-0.39, 0.29) is 5.82 Å². The average Bonchev–Trinajstić information content (AvgIpc) is 2.28. The van der Waals surface area contributed by atoms with E-state index in [4.69, 9.17) is 0 Å². The van der Waals surface area contributed by atoms with Gasteiger partial charge in [-0.15, -0.1) is 0 Å². The molecule has 0 amide bonds. The van der Waals surface area contributed by atoms with Crippen LogP contribution in [-0.2, 0) is 12.8 Å². The van der Waals surface area contributed by atoms with Crippen molar-refractivity contribution in [2.24, 2.45) is 0 Å². The van der Waals surface area contributed by atoms with Gasteiger partial charge in [-0.1, -0.05) is 6.42 Å². The predicted octanol–water partition coefficient (Wildman–Crippen LogP) is 2.49. The Balaban J connectivity index is 2.36. The number of nitrogens with zero attached hydrogens (tertiary/aromatic N) is 1. The van der Waals surface area contributed by atoms with Gasteiger partial charge in [-0.3, -0.25) is 4.98 Å². The zero-order valence-electron chi connectivity index (χ0n) is 7.02. The molecule has 1 aromatic rings. The second kappa shape index (κ2) is 3.21. The lowest BCUT2D eigenvalue weighted by atomic mass is 10.1. The highest BCUT2D eigenvalue weighted by atomic mass is 19.1. The molecule has 1 heterocycles. The van der Waals surface area contributed by atoms with Gasteiger partial charge in [-0.05, 0) is 37.3 Å². The third-order valence-corrected chi connectivity index (χ3v) is 2.39. The summed E-state index contributed by atoms with van der Waals surface area (Å²) in [5.74, 6) is -0.198. The highest BCUT2D eigenvalue weighted by molar-refractivity contribution is 5.21. The Labute approximate surface area is 71.6 Å². The zero-order valence-corrected chi connectivity index (χ0v) is 7.02. The first-order valence-electron chi connectivity index (χ1n) is 4.49. The van der Waals surface area contributed by atoms with Gasteiger partial charge in [0.05, 0.1) is 6.20 Å². The van der Waals surface area contributed by atoms with Crippen LogP contribution < -0.4 is 0 Å². The van der Waals surface area contributed by atoms with E-state index in [1.165, 1.54) is 25.5 Å². The minimum Gasteiger partial charge on any atom is -0.258 e. The molecule has 0 saturated carbocycles. The molecule has 0 aromatic carbocycles. The molecule has 2 rings (SSSR count). The molecule has 12 heavy (non-hydrogen) atoms. The molecule has 0 radical (unpaired) electrons. The molecule has 0 fully saturated rings. The lowest BCUT2D eigenvalue weighted by Gasteiger charge is -2.02. The Bertz CT molecular complexity index is 283. The summed E-state index contributed by atoms with van der Waals surface area (Å²) in [6.07, 6.45) is 6.97. The van der Waals surface area contributed by atoms with Crippen LogP contribution in [0.25, 0.3) is 0 Å². The summed E-state index contributed by atoms with van der Waals surface area (Å²) >= 11 is 0. The summed E-state index contributed by atoms with van der Waals surface area (Å²) in [7, 11) is 0. The first-order valence-corrected chi connectivity index (χ1v) is 4.49. The van der Waals surface area contributed by atoms with Gasteiger partial charge in [0.2, 0.25) is 0 Å². The quantitative estimate of drug-likeness (QED) is 0.538. The molecule has 1 aliphatic carbocycles. The summed E-state index contributed by atoms with van der Waals surface area (Å²) in [5, 5.41) is 0. The number of hydrogen-bond donors (Lipinski definition) is 0. The number of aromatic nitrogens is 1. The highest BCUT2D eigenvalue weighted by Crippen LogP contribution is 2.18. The van der Waals surface area contributed by atoms with Crippen LogP contribution in [0.4, 0.5) is 4.39 Å². The number of fused-ring (bicyclic) bond motifs is 1. The van der Waals surface area contributed by atoms with Crippen molar-refractivity contribution in [2.45, 2.75) is 32.1 Å². The largest absolute Gasteiger partial charge is 0.258 e. The lowest BCUT2D eigenvalue weighted by molar-refractivity contribution is 0.616. The van der Waals surface area contributed by atoms with E-state index in [1.54, 1.807) is 6.07 Å². The summed E-state index contributed by atoms with van der Waals surface area (Å²) in [6, 6.07) is 1.63. The van der Waals surface area contributed by atoms with Crippen molar-refractivity contribution in [2.75, 3.05) is 0 Å². The molecule has 64 valence electrons. The van der Waals surface area contributed by atoms with Gasteiger partial charge in [0, 0.05) is 5.69 Å². The Morgan fingerprint density at radius 2 is 2.00 bits per heavy atom. The summed E-state index contributed by atoms with van der Waals surface area (Å²) in [6.45, 7) is 0. The van der Waals surface area contributed by atoms with Gasteiger partial charge in [0.15, 0.2) is 0 Å². The van der Waals surface area contributed by atoms with Crippen molar-refractivity contribution >= 4 is 0 Å². The molecule has 1 aromatic heterocycles. The molecule has 0 saturated heterocycles. The zero-order chi connectivity index (χ0) is 8.39. The van der Waals surface area contributed by atoms with Crippen LogP contribution in [0, 0.1) is 5.82 Å². The highest BCUT2D eigenvalue weighted by Gasteiger charge is 2.09. The van der Waals surface area contributed by atoms with Crippen molar-refractivity contribution in [1.29, 1.82) is 0 Å². The smallest absolute Gasteiger partial charge is 0.141 e. The van der Waals surface area contributed by atoms with E-state index in [1.807, 2.05) is 0 Å². The monoisotopic (exact) mass is 165 g/mol. The maximum absolute atomic E-state index is 12.8. The van der Waals surface area contributed by atoms with E-state index >= 15 is 0 Å². The molecule has 2 heteroatoms. The summed E-state index contributed by atoms with van der Waals surface area (Å²) < 4.78 is 12.8. The van der Waals surface area contributed by atoms with E-state index < -0.39 is 0 Å². The van der Waals surface area contributed by atoms with Gasteiger partial charge in [0.1, 0.15) is 5.82 Å². The number of rotatable bonds is 0. The van der Waals surface area contributed by atoms with Crippen molar-refractivity contribution in [1.82, 2.24) is 4.98 Å². The predicted molar refractivity (Wildman–Crippen MR) is 45.5 cm³/mol. The van der Waals surface area contributed by atoms with Crippen molar-refractivity contribution in [3.8, 4) is 0 Å². The standard InChI is InChI=1S/C10H12FN/c11-9-6-8-4-2-1-3-5-10(8)12-7-9/h6-7H,1-5H2. The summed E-state index contributed by atoms with van der Waals surface area (Å²) in [4.78, 5) is 4.10. The topological polar surface area (TPSA) is 12.9 Å². The molecule has 0 aliphatic heterocycles. The number of pyridine rings is 1. The Hall–Kier alpha value is -0.920. The average molecular weight is 165 g/mol. The van der Waals surface area contributed by atoms with Crippen LogP contribution in [0.15, 0.2) is 12.3 Å². The Kier molecular flexibility index (Phi) is 2.07. The van der Waals surface area contributed by atoms with Gasteiger partial charge in [-0.2, -0.15) is 0 Å². The minimum atomic E-state index is -0.198. The Morgan fingerprint density at radius 3 is 2.92 bits per heavy atom. The van der Waals surface area contributed by atoms with Gasteiger partial charge < -0.3 is 0 Å². The van der Waals surface area contributed by atoms with Crippen molar-refractivity contribution in [3.05, 3.63) is 29.3 Å². The minimum absolute atomic E-state index is 0.198. The third-order valence-electron chi connectivity index (χ3n) is 2.39. The Morgan fingerprint density at radius 1 is 1.17 bits per heavy atom. The number of aryl methyl sites for hydroxylation is 2. The van der Waals surface area contributed by atoms with Crippen molar-refractivity contribution in [3.63, 3.8) is 0 Å². The molecule has 0 N–H and O–H groups in total. The molecule has 0 unspecified atom stereocenters. The molecule has 1 aliphatic rings. The fourth-order valence-electron chi connectivity index (χ4n) is 1.74. The second-order valence-electron chi connectivity index (χ2n) is 3.32. The fraction of sp³-hybridized carbons (Fsp3) is 0.500. The van der Waals surface area contributed by atoms with Crippen LogP contribution in [-0.4, -0.2) is 4.98 Å². The molecule has 1 nitrogen and oxygen atoms in total. The third kappa shape index (κ3) is 1.47. The molecule has 0 spiro atoms. The summed E-state index contributed by atoms with van der Waals surface area (Å²) in [5.41, 5.74) is 2.22. The maximum atomic E-state index is 12.8. The van der Waals surface area contributed by atoms with Crippen LogP contribution in [0.5, 0.6) is 0 Å². The number of hydrogen-bond acceptors (Lipinski definition) is 1. The van der Waals surface area contributed by atoms with Crippen LogP contribution in [0.1, 0.15) is 30.5 Å². The lowest BCUT2D eigenvalue weighted by Crippen LogP contribution is -1.95. The van der Waals surface area contributed by atoms with Crippen LogP contribution in [0.3, 0.4) is 0 Å². The SMILES string of the molecule is Fc1cnc2c(c1)CCCCC2. The van der Waals surface area contributed by atoms with Crippen LogP contribution in [0.2, 0.25) is 0 Å². The van der Waals surface area contributed by atoms with Crippen molar-refractivity contribution < 1.29 is 4.39 Å².